The molecule has 0 aliphatic carbocycles. The van der Waals surface area contributed by atoms with Crippen LogP contribution in [0.1, 0.15) is 41.9 Å². The maximum atomic E-state index is 4.91. The average Bonchev–Trinajstić information content (AvgIpc) is 2.72. The molecule has 0 bridgehead atoms. The summed E-state index contributed by atoms with van der Waals surface area (Å²) >= 11 is 0. The minimum absolute atomic E-state index is 0.127. The maximum absolute atomic E-state index is 4.91. The monoisotopic (exact) mass is 359 g/mol. The fourth-order valence-electron chi connectivity index (χ4n) is 3.50. The Bertz CT molecular complexity index is 923. The third-order valence-electron chi connectivity index (χ3n) is 4.98. The van der Waals surface area contributed by atoms with E-state index in [4.69, 9.17) is 9.97 Å². The number of aromatic nitrogens is 3. The molecule has 5 nitrogen and oxygen atoms in total. The van der Waals surface area contributed by atoms with Gasteiger partial charge in [-0.1, -0.05) is 37.3 Å². The molecule has 3 aromatic rings. The third kappa shape index (κ3) is 3.83. The largest absolute Gasteiger partial charge is 0.361 e. The van der Waals surface area contributed by atoms with Gasteiger partial charge in [0.1, 0.15) is 5.82 Å². The zero-order valence-corrected chi connectivity index (χ0v) is 15.9. The average molecular weight is 359 g/mol. The minimum atomic E-state index is 0.127. The predicted octanol–water partition coefficient (Wildman–Crippen LogP) is 4.06. The molecule has 0 saturated heterocycles. The van der Waals surface area contributed by atoms with Crippen LogP contribution in [-0.4, -0.2) is 21.5 Å². The van der Waals surface area contributed by atoms with E-state index in [1.165, 1.54) is 11.1 Å². The first-order chi connectivity index (χ1) is 13.2. The fourth-order valence-corrected chi connectivity index (χ4v) is 3.50. The van der Waals surface area contributed by atoms with Crippen LogP contribution in [0.25, 0.3) is 11.4 Å². The molecule has 1 aromatic carbocycles. The summed E-state index contributed by atoms with van der Waals surface area (Å²) in [6.07, 6.45) is 3.75. The molecule has 0 spiro atoms. The molecule has 0 radical (unpaired) electrons. The van der Waals surface area contributed by atoms with Crippen LogP contribution in [0.2, 0.25) is 0 Å². The summed E-state index contributed by atoms with van der Waals surface area (Å²) in [6, 6.07) is 14.5. The number of aryl methyl sites for hydroxylation is 1. The second-order valence-electron chi connectivity index (χ2n) is 6.98. The topological polar surface area (TPSA) is 62.7 Å². The molecule has 0 amide bonds. The highest BCUT2D eigenvalue weighted by Crippen LogP contribution is 2.28. The van der Waals surface area contributed by atoms with Gasteiger partial charge in [0.15, 0.2) is 5.82 Å². The summed E-state index contributed by atoms with van der Waals surface area (Å²) < 4.78 is 0. The molecule has 1 aliphatic rings. The Morgan fingerprint density at radius 2 is 2.00 bits per heavy atom. The standard InChI is InChI=1S/C22H25N5/c1-3-18(19-13-15(2)9-12-24-19)25-22-17-10-11-23-14-20(17)26-21(27-22)16-7-5-4-6-8-16/h4-9,12-13,18,23H,3,10-11,14H2,1-2H3,(H,25,26,27)/t18-/m1/s1. The van der Waals surface area contributed by atoms with Gasteiger partial charge in [0, 0.05) is 23.9 Å². The van der Waals surface area contributed by atoms with Crippen molar-refractivity contribution in [3.63, 3.8) is 0 Å². The SMILES string of the molecule is CC[C@@H](Nc1nc(-c2ccccc2)nc2c1CCNC2)c1cc(C)ccn1. The minimum Gasteiger partial charge on any atom is -0.361 e. The Morgan fingerprint density at radius 3 is 2.78 bits per heavy atom. The highest BCUT2D eigenvalue weighted by molar-refractivity contribution is 5.60. The van der Waals surface area contributed by atoms with Crippen LogP contribution in [0.3, 0.4) is 0 Å². The number of hydrogen-bond acceptors (Lipinski definition) is 5. The van der Waals surface area contributed by atoms with E-state index < -0.39 is 0 Å². The second kappa shape index (κ2) is 7.84. The molecule has 1 aliphatic heterocycles. The van der Waals surface area contributed by atoms with Gasteiger partial charge in [-0.25, -0.2) is 9.97 Å². The first-order valence-electron chi connectivity index (χ1n) is 9.59. The maximum Gasteiger partial charge on any atom is 0.161 e. The molecule has 27 heavy (non-hydrogen) atoms. The smallest absolute Gasteiger partial charge is 0.161 e. The number of fused-ring (bicyclic) bond motifs is 1. The summed E-state index contributed by atoms with van der Waals surface area (Å²) in [5, 5.41) is 7.09. The number of benzene rings is 1. The molecule has 0 fully saturated rings. The van der Waals surface area contributed by atoms with Gasteiger partial charge in [-0.2, -0.15) is 0 Å². The Morgan fingerprint density at radius 1 is 1.15 bits per heavy atom. The number of nitrogens with one attached hydrogen (secondary N) is 2. The van der Waals surface area contributed by atoms with Crippen molar-refractivity contribution in [2.24, 2.45) is 0 Å². The van der Waals surface area contributed by atoms with Crippen LogP contribution < -0.4 is 10.6 Å². The summed E-state index contributed by atoms with van der Waals surface area (Å²) in [5.74, 6) is 1.71. The summed E-state index contributed by atoms with van der Waals surface area (Å²) in [7, 11) is 0. The van der Waals surface area contributed by atoms with Crippen LogP contribution in [-0.2, 0) is 13.0 Å². The van der Waals surface area contributed by atoms with Gasteiger partial charge in [-0.05, 0) is 44.0 Å². The molecule has 5 heteroatoms. The number of pyridine rings is 1. The van der Waals surface area contributed by atoms with Crippen molar-refractivity contribution in [2.75, 3.05) is 11.9 Å². The van der Waals surface area contributed by atoms with E-state index in [0.29, 0.717) is 0 Å². The number of rotatable bonds is 5. The van der Waals surface area contributed by atoms with Gasteiger partial charge in [0.05, 0.1) is 17.4 Å². The summed E-state index contributed by atoms with van der Waals surface area (Å²) in [5.41, 5.74) is 5.62. The van der Waals surface area contributed by atoms with E-state index in [1.54, 1.807) is 0 Å². The van der Waals surface area contributed by atoms with Crippen LogP contribution in [0.15, 0.2) is 48.7 Å². The van der Waals surface area contributed by atoms with Gasteiger partial charge in [0.25, 0.3) is 0 Å². The molecule has 0 unspecified atom stereocenters. The Kier molecular flexibility index (Phi) is 5.12. The molecule has 0 saturated carbocycles. The second-order valence-corrected chi connectivity index (χ2v) is 6.98. The van der Waals surface area contributed by atoms with Crippen molar-refractivity contribution in [2.45, 2.75) is 39.3 Å². The third-order valence-corrected chi connectivity index (χ3v) is 4.98. The normalized spacial score (nSPS) is 14.4. The molecule has 4 rings (SSSR count). The fraction of sp³-hybridized carbons (Fsp3) is 0.318. The van der Waals surface area contributed by atoms with Crippen LogP contribution >= 0.6 is 0 Å². The quantitative estimate of drug-likeness (QED) is 0.719. The first kappa shape index (κ1) is 17.6. The number of anilines is 1. The van der Waals surface area contributed by atoms with Crippen LogP contribution in [0.5, 0.6) is 0 Å². The van der Waals surface area contributed by atoms with Gasteiger partial charge in [-0.15, -0.1) is 0 Å². The van der Waals surface area contributed by atoms with Crippen molar-refractivity contribution < 1.29 is 0 Å². The van der Waals surface area contributed by atoms with E-state index in [1.807, 2.05) is 30.5 Å². The molecule has 3 heterocycles. The Hall–Kier alpha value is -2.79. The van der Waals surface area contributed by atoms with E-state index in [2.05, 4.69) is 47.7 Å². The van der Waals surface area contributed by atoms with Crippen LogP contribution in [0.4, 0.5) is 5.82 Å². The molecular formula is C22H25N5. The predicted molar refractivity (Wildman–Crippen MR) is 109 cm³/mol. The van der Waals surface area contributed by atoms with Crippen LogP contribution in [0, 0.1) is 6.92 Å². The Balaban J connectivity index is 1.74. The highest BCUT2D eigenvalue weighted by atomic mass is 15.1. The van der Waals surface area contributed by atoms with Gasteiger partial charge in [-0.3, -0.25) is 4.98 Å². The van der Waals surface area contributed by atoms with E-state index in [-0.39, 0.29) is 6.04 Å². The Labute approximate surface area is 160 Å². The highest BCUT2D eigenvalue weighted by Gasteiger charge is 2.21. The molecule has 2 aromatic heterocycles. The lowest BCUT2D eigenvalue weighted by Gasteiger charge is -2.24. The molecule has 138 valence electrons. The number of nitrogens with zero attached hydrogens (tertiary/aromatic N) is 3. The lowest BCUT2D eigenvalue weighted by Crippen LogP contribution is -2.27. The molecule has 2 N–H and O–H groups in total. The van der Waals surface area contributed by atoms with E-state index >= 15 is 0 Å². The van der Waals surface area contributed by atoms with Gasteiger partial charge < -0.3 is 10.6 Å². The lowest BCUT2D eigenvalue weighted by molar-refractivity contribution is 0.621. The number of hydrogen-bond donors (Lipinski definition) is 2. The zero-order valence-electron chi connectivity index (χ0n) is 15.9. The van der Waals surface area contributed by atoms with Crippen molar-refractivity contribution in [1.82, 2.24) is 20.3 Å². The van der Waals surface area contributed by atoms with Crippen molar-refractivity contribution >= 4 is 5.82 Å². The van der Waals surface area contributed by atoms with E-state index in [0.717, 1.165) is 54.5 Å². The molecular weight excluding hydrogens is 334 g/mol. The first-order valence-corrected chi connectivity index (χ1v) is 9.59. The summed E-state index contributed by atoms with van der Waals surface area (Å²) in [4.78, 5) is 14.3. The van der Waals surface area contributed by atoms with Crippen molar-refractivity contribution in [3.8, 4) is 11.4 Å². The van der Waals surface area contributed by atoms with Crippen molar-refractivity contribution in [3.05, 3.63) is 71.2 Å². The summed E-state index contributed by atoms with van der Waals surface area (Å²) in [6.45, 7) is 6.01. The van der Waals surface area contributed by atoms with Gasteiger partial charge >= 0.3 is 0 Å². The van der Waals surface area contributed by atoms with E-state index in [9.17, 15) is 0 Å². The van der Waals surface area contributed by atoms with Gasteiger partial charge in [0.2, 0.25) is 0 Å². The lowest BCUT2D eigenvalue weighted by atomic mass is 10.0. The van der Waals surface area contributed by atoms with Crippen molar-refractivity contribution in [1.29, 1.82) is 0 Å². The zero-order chi connectivity index (χ0) is 18.6. The molecule has 1 atom stereocenters.